The number of fused-ring (bicyclic) bond motifs is 1. The fraction of sp³-hybridized carbons (Fsp3) is 0.438. The van der Waals surface area contributed by atoms with Gasteiger partial charge in [0, 0.05) is 25.2 Å². The molecule has 0 saturated carbocycles. The summed E-state index contributed by atoms with van der Waals surface area (Å²) < 4.78 is 7.52. The summed E-state index contributed by atoms with van der Waals surface area (Å²) in [7, 11) is 2.00. The van der Waals surface area contributed by atoms with Crippen LogP contribution in [-0.2, 0) is 13.5 Å². The first kappa shape index (κ1) is 12.0. The van der Waals surface area contributed by atoms with Gasteiger partial charge in [-0.05, 0) is 42.6 Å². The molecule has 2 aliphatic heterocycles. The molecule has 1 unspecified atom stereocenters. The zero-order chi connectivity index (χ0) is 13.5. The zero-order valence-corrected chi connectivity index (χ0v) is 11.7. The summed E-state index contributed by atoms with van der Waals surface area (Å²) in [5, 5.41) is 8.23. The van der Waals surface area contributed by atoms with Gasteiger partial charge in [-0.3, -0.25) is 4.68 Å². The minimum absolute atomic E-state index is 0.399. The highest BCUT2D eigenvalue weighted by Gasteiger charge is 2.23. The Labute approximate surface area is 118 Å². The van der Waals surface area contributed by atoms with E-state index >= 15 is 0 Å². The summed E-state index contributed by atoms with van der Waals surface area (Å²) in [6, 6.07) is 6.91. The van der Waals surface area contributed by atoms with Crippen LogP contribution in [0.25, 0.3) is 11.1 Å². The Morgan fingerprint density at radius 2 is 2.35 bits per heavy atom. The van der Waals surface area contributed by atoms with Gasteiger partial charge in [-0.15, -0.1) is 0 Å². The molecule has 0 bridgehead atoms. The summed E-state index contributed by atoms with van der Waals surface area (Å²) in [6.07, 6.45) is 5.56. The number of benzene rings is 1. The molecule has 1 atom stereocenters. The standard InChI is InChI=1S/C16H19N3O/c1-19-10-13(16(18-19)14-3-2-7-17-14)11-4-5-15-12(9-11)6-8-20-15/h4-5,9-10,14,17H,2-3,6-8H2,1H3. The summed E-state index contributed by atoms with van der Waals surface area (Å²) in [5.41, 5.74) is 5.01. The van der Waals surface area contributed by atoms with Crippen LogP contribution in [0.1, 0.15) is 30.1 Å². The second-order valence-corrected chi connectivity index (χ2v) is 5.67. The molecule has 4 nitrogen and oxygen atoms in total. The number of nitrogens with one attached hydrogen (secondary N) is 1. The number of nitrogens with zero attached hydrogens (tertiary/aromatic N) is 2. The van der Waals surface area contributed by atoms with E-state index in [1.165, 1.54) is 35.2 Å². The predicted molar refractivity (Wildman–Crippen MR) is 77.8 cm³/mol. The minimum Gasteiger partial charge on any atom is -0.493 e. The third kappa shape index (κ3) is 1.91. The van der Waals surface area contributed by atoms with Gasteiger partial charge < -0.3 is 10.1 Å². The van der Waals surface area contributed by atoms with Crippen molar-refractivity contribution in [1.82, 2.24) is 15.1 Å². The smallest absolute Gasteiger partial charge is 0.122 e. The van der Waals surface area contributed by atoms with Gasteiger partial charge in [0.1, 0.15) is 5.75 Å². The second kappa shape index (κ2) is 4.63. The third-order valence-electron chi connectivity index (χ3n) is 4.25. The first-order valence-electron chi connectivity index (χ1n) is 7.34. The molecule has 0 radical (unpaired) electrons. The van der Waals surface area contributed by atoms with Crippen molar-refractivity contribution in [2.75, 3.05) is 13.2 Å². The van der Waals surface area contributed by atoms with Crippen LogP contribution in [0.2, 0.25) is 0 Å². The first-order chi connectivity index (χ1) is 9.81. The van der Waals surface area contributed by atoms with Crippen molar-refractivity contribution in [1.29, 1.82) is 0 Å². The first-order valence-corrected chi connectivity index (χ1v) is 7.34. The Kier molecular flexibility index (Phi) is 2.77. The molecule has 20 heavy (non-hydrogen) atoms. The van der Waals surface area contributed by atoms with Gasteiger partial charge in [-0.25, -0.2) is 0 Å². The predicted octanol–water partition coefficient (Wildman–Crippen LogP) is 2.45. The van der Waals surface area contributed by atoms with E-state index in [2.05, 4.69) is 34.8 Å². The maximum absolute atomic E-state index is 5.59. The molecule has 4 rings (SSSR count). The van der Waals surface area contributed by atoms with E-state index in [9.17, 15) is 0 Å². The van der Waals surface area contributed by atoms with E-state index in [1.54, 1.807) is 0 Å². The third-order valence-corrected chi connectivity index (χ3v) is 4.25. The molecular weight excluding hydrogens is 250 g/mol. The van der Waals surface area contributed by atoms with Crippen molar-refractivity contribution in [2.45, 2.75) is 25.3 Å². The molecule has 3 heterocycles. The van der Waals surface area contributed by atoms with Crippen LogP contribution >= 0.6 is 0 Å². The number of hydrogen-bond acceptors (Lipinski definition) is 3. The summed E-state index contributed by atoms with van der Waals surface area (Å²) >= 11 is 0. The van der Waals surface area contributed by atoms with Crippen LogP contribution in [0.4, 0.5) is 0 Å². The van der Waals surface area contributed by atoms with Crippen molar-refractivity contribution >= 4 is 0 Å². The molecule has 2 aliphatic rings. The molecule has 1 aromatic carbocycles. The largest absolute Gasteiger partial charge is 0.493 e. The minimum atomic E-state index is 0.399. The molecule has 0 spiro atoms. The quantitative estimate of drug-likeness (QED) is 0.910. The number of aromatic nitrogens is 2. The Morgan fingerprint density at radius 3 is 3.20 bits per heavy atom. The summed E-state index contributed by atoms with van der Waals surface area (Å²) in [4.78, 5) is 0. The van der Waals surface area contributed by atoms with Gasteiger partial charge in [-0.1, -0.05) is 6.07 Å². The number of ether oxygens (including phenoxy) is 1. The molecule has 1 N–H and O–H groups in total. The number of aryl methyl sites for hydroxylation is 1. The van der Waals surface area contributed by atoms with E-state index in [0.717, 1.165) is 25.3 Å². The lowest BCUT2D eigenvalue weighted by molar-refractivity contribution is 0.357. The van der Waals surface area contributed by atoms with E-state index in [0.29, 0.717) is 6.04 Å². The van der Waals surface area contributed by atoms with Gasteiger partial charge in [0.25, 0.3) is 0 Å². The van der Waals surface area contributed by atoms with Crippen LogP contribution in [0.3, 0.4) is 0 Å². The van der Waals surface area contributed by atoms with Crippen molar-refractivity contribution in [3.63, 3.8) is 0 Å². The molecular formula is C16H19N3O. The fourth-order valence-corrected chi connectivity index (χ4v) is 3.26. The molecule has 0 amide bonds. The molecule has 4 heteroatoms. The summed E-state index contributed by atoms with van der Waals surface area (Å²) in [5.74, 6) is 1.04. The SMILES string of the molecule is Cn1cc(-c2ccc3c(c2)CCO3)c(C2CCCN2)n1. The van der Waals surface area contributed by atoms with Crippen LogP contribution in [0, 0.1) is 0 Å². The van der Waals surface area contributed by atoms with Crippen molar-refractivity contribution in [2.24, 2.45) is 7.05 Å². The molecule has 1 aromatic heterocycles. The Balaban J connectivity index is 1.77. The topological polar surface area (TPSA) is 39.1 Å². The number of hydrogen-bond donors (Lipinski definition) is 1. The molecule has 104 valence electrons. The molecule has 1 saturated heterocycles. The van der Waals surface area contributed by atoms with Gasteiger partial charge in [0.05, 0.1) is 18.3 Å². The van der Waals surface area contributed by atoms with Crippen LogP contribution in [0.5, 0.6) is 5.75 Å². The fourth-order valence-electron chi connectivity index (χ4n) is 3.26. The molecule has 0 aliphatic carbocycles. The van der Waals surface area contributed by atoms with Crippen molar-refractivity contribution < 1.29 is 4.74 Å². The van der Waals surface area contributed by atoms with Crippen LogP contribution < -0.4 is 10.1 Å². The van der Waals surface area contributed by atoms with E-state index < -0.39 is 0 Å². The average Bonchev–Trinajstić information content (AvgIpc) is 3.17. The monoisotopic (exact) mass is 269 g/mol. The molecule has 1 fully saturated rings. The van der Waals surface area contributed by atoms with Crippen molar-refractivity contribution in [3.8, 4) is 16.9 Å². The molecule has 2 aromatic rings. The van der Waals surface area contributed by atoms with Crippen molar-refractivity contribution in [3.05, 3.63) is 35.7 Å². The van der Waals surface area contributed by atoms with Crippen LogP contribution in [0.15, 0.2) is 24.4 Å². The Bertz CT molecular complexity index is 641. The lowest BCUT2D eigenvalue weighted by atomic mass is 9.99. The van der Waals surface area contributed by atoms with Gasteiger partial charge in [0.15, 0.2) is 0 Å². The van der Waals surface area contributed by atoms with Gasteiger partial charge >= 0.3 is 0 Å². The van der Waals surface area contributed by atoms with Gasteiger partial charge in [-0.2, -0.15) is 5.10 Å². The maximum atomic E-state index is 5.59. The van der Waals surface area contributed by atoms with Crippen LogP contribution in [-0.4, -0.2) is 22.9 Å². The second-order valence-electron chi connectivity index (χ2n) is 5.67. The van der Waals surface area contributed by atoms with E-state index in [1.807, 2.05) is 11.7 Å². The van der Waals surface area contributed by atoms with E-state index in [-0.39, 0.29) is 0 Å². The lowest BCUT2D eigenvalue weighted by Gasteiger charge is -2.10. The highest BCUT2D eigenvalue weighted by Crippen LogP contribution is 2.35. The normalized spacial score (nSPS) is 20.9. The maximum Gasteiger partial charge on any atom is 0.122 e. The van der Waals surface area contributed by atoms with Gasteiger partial charge in [0.2, 0.25) is 0 Å². The summed E-state index contributed by atoms with van der Waals surface area (Å²) in [6.45, 7) is 1.90. The zero-order valence-electron chi connectivity index (χ0n) is 11.7. The average molecular weight is 269 g/mol. The van der Waals surface area contributed by atoms with E-state index in [4.69, 9.17) is 4.74 Å². The number of rotatable bonds is 2. The highest BCUT2D eigenvalue weighted by molar-refractivity contribution is 5.68. The highest BCUT2D eigenvalue weighted by atomic mass is 16.5. The lowest BCUT2D eigenvalue weighted by Crippen LogP contribution is -2.14. The Morgan fingerprint density at radius 1 is 1.40 bits per heavy atom. The Hall–Kier alpha value is -1.81.